The molecular weight excluding hydrogens is 392 g/mol. The summed E-state index contributed by atoms with van der Waals surface area (Å²) in [6.07, 6.45) is 1.67. The van der Waals surface area contributed by atoms with Gasteiger partial charge in [0.1, 0.15) is 11.3 Å². The van der Waals surface area contributed by atoms with Crippen LogP contribution >= 0.6 is 22.9 Å². The second-order valence-electron chi connectivity index (χ2n) is 6.16. The molecule has 140 valence electrons. The summed E-state index contributed by atoms with van der Waals surface area (Å²) in [5.74, 6) is 0.323. The molecule has 0 saturated heterocycles. The van der Waals surface area contributed by atoms with E-state index in [1.807, 2.05) is 60.0 Å². The van der Waals surface area contributed by atoms with Crippen LogP contribution in [0.25, 0.3) is 10.9 Å². The molecule has 4 nitrogen and oxygen atoms in total. The molecule has 0 aliphatic rings. The van der Waals surface area contributed by atoms with Crippen LogP contribution in [0.4, 0.5) is 0 Å². The zero-order valence-corrected chi connectivity index (χ0v) is 16.4. The molecule has 0 spiro atoms. The Labute approximate surface area is 171 Å². The van der Waals surface area contributed by atoms with Crippen LogP contribution in [-0.2, 0) is 4.79 Å². The highest BCUT2D eigenvalue weighted by Crippen LogP contribution is 2.30. The molecule has 2 heterocycles. The van der Waals surface area contributed by atoms with Gasteiger partial charge in [0, 0.05) is 16.5 Å². The normalized spacial score (nSPS) is 11.9. The Morgan fingerprint density at radius 3 is 2.71 bits per heavy atom. The van der Waals surface area contributed by atoms with Crippen LogP contribution in [-0.4, -0.2) is 17.5 Å². The van der Waals surface area contributed by atoms with Gasteiger partial charge in [0.2, 0.25) is 0 Å². The zero-order chi connectivity index (χ0) is 19.3. The number of pyridine rings is 1. The van der Waals surface area contributed by atoms with Gasteiger partial charge >= 0.3 is 0 Å². The number of nitrogens with zero attached hydrogens (tertiary/aromatic N) is 1. The third-order valence-corrected chi connectivity index (χ3v) is 5.57. The van der Waals surface area contributed by atoms with E-state index in [1.54, 1.807) is 29.7 Å². The number of fused-ring (bicyclic) bond motifs is 1. The van der Waals surface area contributed by atoms with Crippen molar-refractivity contribution in [3.63, 3.8) is 0 Å². The maximum atomic E-state index is 12.6. The molecule has 0 saturated carbocycles. The standard InChI is InChI=1S/C22H17ClN2O2S/c23-17-10-11-18(22-16(17)8-4-12-24-22)27-14-20(26)25-21(19-9-5-13-28-19)15-6-2-1-3-7-15/h1-13,21H,14H2,(H,25,26)/t21-/m0/s1. The van der Waals surface area contributed by atoms with Gasteiger partial charge < -0.3 is 10.1 Å². The monoisotopic (exact) mass is 408 g/mol. The molecule has 1 atom stereocenters. The van der Waals surface area contributed by atoms with E-state index in [2.05, 4.69) is 10.3 Å². The van der Waals surface area contributed by atoms with Gasteiger partial charge in [-0.2, -0.15) is 0 Å². The summed E-state index contributed by atoms with van der Waals surface area (Å²) in [7, 11) is 0. The molecule has 6 heteroatoms. The van der Waals surface area contributed by atoms with Crippen molar-refractivity contribution < 1.29 is 9.53 Å². The topological polar surface area (TPSA) is 51.2 Å². The van der Waals surface area contributed by atoms with Gasteiger partial charge in [-0.15, -0.1) is 11.3 Å². The molecule has 0 aliphatic heterocycles. The van der Waals surface area contributed by atoms with Crippen LogP contribution in [0.3, 0.4) is 0 Å². The average molecular weight is 409 g/mol. The molecule has 4 rings (SSSR count). The number of hydrogen-bond acceptors (Lipinski definition) is 4. The molecular formula is C22H17ClN2O2S. The first-order valence-electron chi connectivity index (χ1n) is 8.76. The number of thiophene rings is 1. The molecule has 0 unspecified atom stereocenters. The number of carbonyl (C=O) groups is 1. The summed E-state index contributed by atoms with van der Waals surface area (Å²) in [6.45, 7) is -0.109. The smallest absolute Gasteiger partial charge is 0.258 e. The number of benzene rings is 2. The van der Waals surface area contributed by atoms with E-state index in [4.69, 9.17) is 16.3 Å². The minimum atomic E-state index is -0.211. The lowest BCUT2D eigenvalue weighted by Gasteiger charge is -2.18. The predicted octanol–water partition coefficient (Wildman–Crippen LogP) is 5.23. The Morgan fingerprint density at radius 1 is 1.07 bits per heavy atom. The van der Waals surface area contributed by atoms with Gasteiger partial charge in [0.15, 0.2) is 6.61 Å². The number of rotatable bonds is 6. The summed E-state index contributed by atoms with van der Waals surface area (Å²) in [5.41, 5.74) is 1.66. The molecule has 1 N–H and O–H groups in total. The largest absolute Gasteiger partial charge is 0.481 e. The fourth-order valence-corrected chi connectivity index (χ4v) is 4.01. The highest BCUT2D eigenvalue weighted by molar-refractivity contribution is 7.10. The number of hydrogen-bond donors (Lipinski definition) is 1. The lowest BCUT2D eigenvalue weighted by atomic mass is 10.1. The van der Waals surface area contributed by atoms with Crippen LogP contribution in [0.15, 0.2) is 78.3 Å². The highest BCUT2D eigenvalue weighted by Gasteiger charge is 2.18. The van der Waals surface area contributed by atoms with Crippen molar-refractivity contribution in [2.45, 2.75) is 6.04 Å². The van der Waals surface area contributed by atoms with Crippen LogP contribution in [0.2, 0.25) is 5.02 Å². The number of ether oxygens (including phenoxy) is 1. The zero-order valence-electron chi connectivity index (χ0n) is 14.8. The van der Waals surface area contributed by atoms with Crippen molar-refractivity contribution in [2.75, 3.05) is 6.61 Å². The van der Waals surface area contributed by atoms with E-state index in [1.165, 1.54) is 0 Å². The van der Waals surface area contributed by atoms with Gasteiger partial charge in [0.25, 0.3) is 5.91 Å². The Balaban J connectivity index is 1.50. The van der Waals surface area contributed by atoms with E-state index in [0.717, 1.165) is 15.8 Å². The fourth-order valence-electron chi connectivity index (χ4n) is 2.99. The third kappa shape index (κ3) is 4.01. The number of aromatic nitrogens is 1. The predicted molar refractivity (Wildman–Crippen MR) is 113 cm³/mol. The van der Waals surface area contributed by atoms with Crippen molar-refractivity contribution in [2.24, 2.45) is 0 Å². The second kappa shape index (κ2) is 8.42. The van der Waals surface area contributed by atoms with E-state index < -0.39 is 0 Å². The van der Waals surface area contributed by atoms with E-state index in [-0.39, 0.29) is 18.6 Å². The molecule has 0 bridgehead atoms. The Bertz CT molecular complexity index is 1080. The number of amides is 1. The average Bonchev–Trinajstić information content (AvgIpc) is 3.27. The van der Waals surface area contributed by atoms with Gasteiger partial charge in [-0.05, 0) is 41.3 Å². The van der Waals surface area contributed by atoms with Crippen molar-refractivity contribution >= 4 is 39.7 Å². The lowest BCUT2D eigenvalue weighted by molar-refractivity contribution is -0.123. The Hall–Kier alpha value is -2.89. The molecule has 2 aromatic carbocycles. The van der Waals surface area contributed by atoms with Gasteiger partial charge in [-0.3, -0.25) is 9.78 Å². The van der Waals surface area contributed by atoms with Gasteiger partial charge in [-0.1, -0.05) is 48.0 Å². The van der Waals surface area contributed by atoms with Crippen molar-refractivity contribution in [3.05, 3.63) is 93.8 Å². The van der Waals surface area contributed by atoms with Crippen LogP contribution in [0.5, 0.6) is 5.75 Å². The van der Waals surface area contributed by atoms with E-state index in [0.29, 0.717) is 16.3 Å². The lowest BCUT2D eigenvalue weighted by Crippen LogP contribution is -2.32. The van der Waals surface area contributed by atoms with Crippen molar-refractivity contribution in [1.29, 1.82) is 0 Å². The molecule has 0 fully saturated rings. The quantitative estimate of drug-likeness (QED) is 0.475. The molecule has 28 heavy (non-hydrogen) atoms. The third-order valence-electron chi connectivity index (χ3n) is 4.30. The van der Waals surface area contributed by atoms with Crippen molar-refractivity contribution in [1.82, 2.24) is 10.3 Å². The summed E-state index contributed by atoms with van der Waals surface area (Å²) >= 11 is 7.82. The molecule has 0 radical (unpaired) electrons. The van der Waals surface area contributed by atoms with Crippen LogP contribution in [0, 0.1) is 0 Å². The summed E-state index contributed by atoms with van der Waals surface area (Å²) < 4.78 is 5.76. The van der Waals surface area contributed by atoms with Crippen LogP contribution in [0.1, 0.15) is 16.5 Å². The maximum Gasteiger partial charge on any atom is 0.258 e. The SMILES string of the molecule is O=C(COc1ccc(Cl)c2cccnc12)N[C@@H](c1ccccc1)c1cccs1. The van der Waals surface area contributed by atoms with Crippen molar-refractivity contribution in [3.8, 4) is 5.75 Å². The number of halogens is 1. The van der Waals surface area contributed by atoms with Crippen LogP contribution < -0.4 is 10.1 Å². The number of nitrogens with one attached hydrogen (secondary N) is 1. The van der Waals surface area contributed by atoms with E-state index >= 15 is 0 Å². The fraction of sp³-hybridized carbons (Fsp3) is 0.0909. The minimum absolute atomic E-state index is 0.109. The Morgan fingerprint density at radius 2 is 1.93 bits per heavy atom. The summed E-state index contributed by atoms with van der Waals surface area (Å²) in [4.78, 5) is 18.0. The molecule has 0 aliphatic carbocycles. The first kappa shape index (κ1) is 18.5. The first-order chi connectivity index (χ1) is 13.7. The van der Waals surface area contributed by atoms with Gasteiger partial charge in [-0.25, -0.2) is 0 Å². The Kier molecular flexibility index (Phi) is 5.55. The highest BCUT2D eigenvalue weighted by atomic mass is 35.5. The molecule has 4 aromatic rings. The molecule has 2 aromatic heterocycles. The maximum absolute atomic E-state index is 12.6. The summed E-state index contributed by atoms with van der Waals surface area (Å²) in [5, 5.41) is 6.46. The minimum Gasteiger partial charge on any atom is -0.481 e. The number of carbonyl (C=O) groups excluding carboxylic acids is 1. The van der Waals surface area contributed by atoms with E-state index in [9.17, 15) is 4.79 Å². The molecule has 1 amide bonds. The van der Waals surface area contributed by atoms with Gasteiger partial charge in [0.05, 0.1) is 11.1 Å². The first-order valence-corrected chi connectivity index (χ1v) is 10.0. The summed E-state index contributed by atoms with van der Waals surface area (Å²) in [6, 6.07) is 20.8. The second-order valence-corrected chi connectivity index (χ2v) is 7.55.